The van der Waals surface area contributed by atoms with E-state index < -0.39 is 68.6 Å². The number of carbonyl (C=O) groups excluding carboxylic acids is 1. The lowest BCUT2D eigenvalue weighted by Crippen LogP contribution is -2.53. The van der Waals surface area contributed by atoms with E-state index in [0.717, 1.165) is 6.20 Å². The lowest BCUT2D eigenvalue weighted by Gasteiger charge is -2.32. The Bertz CT molecular complexity index is 1590. The normalized spacial score (nSPS) is 24.3. The third-order valence-corrected chi connectivity index (χ3v) is 8.42. The number of aliphatic hydroxyl groups excluding tert-OH is 2. The summed E-state index contributed by atoms with van der Waals surface area (Å²) in [6.07, 6.45) is -9.62. The highest BCUT2D eigenvalue weighted by atomic mass is 35.5. The number of anilines is 1. The molecule has 1 unspecified atom stereocenters. The molecule has 1 saturated heterocycles. The van der Waals surface area contributed by atoms with Crippen LogP contribution < -0.4 is 21.0 Å². The zero-order valence-corrected chi connectivity index (χ0v) is 24.7. The third kappa shape index (κ3) is 6.83. The van der Waals surface area contributed by atoms with Crippen LogP contribution in [0.1, 0.15) is 27.0 Å². The molecule has 234 valence electrons. The van der Waals surface area contributed by atoms with Crippen LogP contribution in [0.15, 0.2) is 53.5 Å². The van der Waals surface area contributed by atoms with E-state index in [0.29, 0.717) is 15.3 Å². The average Bonchev–Trinajstić information content (AvgIpc) is 3.20. The second-order valence-corrected chi connectivity index (χ2v) is 12.1. The molecule has 1 aromatic heterocycles. The first-order valence-electron chi connectivity index (χ1n) is 12.9. The van der Waals surface area contributed by atoms with Crippen molar-refractivity contribution in [3.05, 3.63) is 64.2 Å². The Labute approximate surface area is 249 Å². The van der Waals surface area contributed by atoms with Crippen LogP contribution in [0.5, 0.6) is 5.75 Å². The summed E-state index contributed by atoms with van der Waals surface area (Å²) < 4.78 is 65.6. The van der Waals surface area contributed by atoms with Crippen molar-refractivity contribution in [3.63, 3.8) is 0 Å². The zero-order chi connectivity index (χ0) is 31.7. The minimum Gasteiger partial charge on any atom is -0.462 e. The lowest BCUT2D eigenvalue weighted by atomic mass is 9.96. The van der Waals surface area contributed by atoms with Crippen molar-refractivity contribution in [3.8, 4) is 5.75 Å². The van der Waals surface area contributed by atoms with Crippen LogP contribution in [0.4, 0.5) is 14.6 Å². The van der Waals surface area contributed by atoms with Crippen molar-refractivity contribution in [2.75, 3.05) is 12.3 Å². The van der Waals surface area contributed by atoms with Crippen LogP contribution in [0.2, 0.25) is 5.02 Å². The maximum Gasteiger partial charge on any atom is 0.459 e. The van der Waals surface area contributed by atoms with Crippen molar-refractivity contribution in [2.24, 2.45) is 0 Å². The SMILES string of the molecule is CC(C)OC(=O)[C@H](C)NP(=O)(OC[C@@]1(C(F)F)O[C@@H](n2cc(Cl)c(N)nc2=O)[C@H](O)[C@@H]1O)Oc1cccc2ccccc12. The van der Waals surface area contributed by atoms with E-state index in [-0.39, 0.29) is 16.6 Å². The van der Waals surface area contributed by atoms with Gasteiger partial charge in [-0.3, -0.25) is 13.9 Å². The van der Waals surface area contributed by atoms with Gasteiger partial charge in [-0.15, -0.1) is 0 Å². The van der Waals surface area contributed by atoms with Crippen molar-refractivity contribution >= 4 is 41.9 Å². The maximum atomic E-state index is 14.6. The van der Waals surface area contributed by atoms with E-state index in [4.69, 9.17) is 35.9 Å². The Morgan fingerprint density at radius 1 is 1.23 bits per heavy atom. The van der Waals surface area contributed by atoms with Gasteiger partial charge in [0.2, 0.25) is 0 Å². The highest BCUT2D eigenvalue weighted by Crippen LogP contribution is 2.50. The topological polar surface area (TPSA) is 184 Å². The standard InChI is InChI=1S/C26H30ClF2N4O9P/c1-13(2)40-23(36)14(3)32-43(38,42-18-10-6-8-15-7-4-5-9-16(15)18)39-12-26(24(28)29)20(35)19(34)22(41-26)33-11-17(27)21(30)31-25(33)37/h4-11,13-14,19-20,22,24,34-35H,12H2,1-3H3,(H,32,38)(H2,30,31,37)/t14-,19+,20-,22+,26+,43?/m0/s1. The van der Waals surface area contributed by atoms with Crippen LogP contribution in [0, 0.1) is 0 Å². The Hall–Kier alpha value is -3.17. The third-order valence-electron chi connectivity index (χ3n) is 6.52. The van der Waals surface area contributed by atoms with Gasteiger partial charge in [-0.2, -0.15) is 10.1 Å². The number of aromatic nitrogens is 2. The Morgan fingerprint density at radius 3 is 2.58 bits per heavy atom. The molecule has 0 bridgehead atoms. The summed E-state index contributed by atoms with van der Waals surface area (Å²) in [6, 6.07) is 10.3. The molecule has 0 aliphatic carbocycles. The van der Waals surface area contributed by atoms with Gasteiger partial charge >= 0.3 is 19.4 Å². The fourth-order valence-corrected chi connectivity index (χ4v) is 6.04. The molecule has 0 amide bonds. The first kappa shape index (κ1) is 32.7. The fraction of sp³-hybridized carbons (Fsp3) is 0.423. The molecule has 13 nitrogen and oxygen atoms in total. The van der Waals surface area contributed by atoms with Gasteiger partial charge in [-0.25, -0.2) is 18.1 Å². The number of nitrogens with one attached hydrogen (secondary N) is 1. The van der Waals surface area contributed by atoms with E-state index >= 15 is 0 Å². The molecule has 0 radical (unpaired) electrons. The second-order valence-electron chi connectivity index (χ2n) is 10.0. The minimum absolute atomic E-state index is 0.0180. The molecule has 17 heteroatoms. The van der Waals surface area contributed by atoms with E-state index in [1.54, 1.807) is 50.2 Å². The summed E-state index contributed by atoms with van der Waals surface area (Å²) in [4.78, 5) is 28.4. The van der Waals surface area contributed by atoms with Crippen LogP contribution in [0.25, 0.3) is 10.8 Å². The van der Waals surface area contributed by atoms with E-state index in [2.05, 4.69) is 10.1 Å². The van der Waals surface area contributed by atoms with Gasteiger partial charge in [0.25, 0.3) is 6.43 Å². The summed E-state index contributed by atoms with van der Waals surface area (Å²) in [5.41, 5.74) is 1.34. The molecule has 6 atom stereocenters. The van der Waals surface area contributed by atoms with Crippen LogP contribution in [-0.2, 0) is 23.4 Å². The molecular formula is C26H30ClF2N4O9P. The van der Waals surface area contributed by atoms with Crippen molar-refractivity contribution in [2.45, 2.75) is 63.4 Å². The highest BCUT2D eigenvalue weighted by Gasteiger charge is 2.61. The number of esters is 1. The van der Waals surface area contributed by atoms with Crippen molar-refractivity contribution in [1.82, 2.24) is 14.6 Å². The quantitative estimate of drug-likeness (QED) is 0.177. The highest BCUT2D eigenvalue weighted by molar-refractivity contribution is 7.52. The van der Waals surface area contributed by atoms with Crippen LogP contribution in [-0.4, -0.2) is 68.7 Å². The number of alkyl halides is 2. The second kappa shape index (κ2) is 12.8. The Kier molecular flexibility index (Phi) is 9.76. The summed E-state index contributed by atoms with van der Waals surface area (Å²) in [5.74, 6) is -1.19. The molecule has 0 saturated carbocycles. The predicted octanol–water partition coefficient (Wildman–Crippen LogP) is 3.02. The first-order chi connectivity index (χ1) is 20.2. The number of fused-ring (bicyclic) bond motifs is 1. The predicted molar refractivity (Wildman–Crippen MR) is 151 cm³/mol. The maximum absolute atomic E-state index is 14.6. The van der Waals surface area contributed by atoms with Gasteiger partial charge in [-0.05, 0) is 32.2 Å². The Morgan fingerprint density at radius 2 is 1.91 bits per heavy atom. The van der Waals surface area contributed by atoms with Gasteiger partial charge in [0.1, 0.15) is 29.8 Å². The molecule has 43 heavy (non-hydrogen) atoms. The van der Waals surface area contributed by atoms with Gasteiger partial charge < -0.3 is 29.9 Å². The number of hydrogen-bond acceptors (Lipinski definition) is 11. The molecule has 4 rings (SSSR count). The van der Waals surface area contributed by atoms with Crippen molar-refractivity contribution < 1.29 is 46.9 Å². The molecule has 2 heterocycles. The Balaban J connectivity index is 1.69. The minimum atomic E-state index is -4.77. The van der Waals surface area contributed by atoms with Crippen LogP contribution >= 0.6 is 19.3 Å². The van der Waals surface area contributed by atoms with E-state index in [1.165, 1.54) is 13.0 Å². The molecule has 2 aromatic carbocycles. The molecule has 0 spiro atoms. The number of nitrogen functional groups attached to an aromatic ring is 1. The van der Waals surface area contributed by atoms with Gasteiger partial charge in [0.15, 0.2) is 11.8 Å². The molecule has 1 aliphatic rings. The van der Waals surface area contributed by atoms with Crippen molar-refractivity contribution in [1.29, 1.82) is 0 Å². The number of benzene rings is 2. The summed E-state index contributed by atoms with van der Waals surface area (Å²) in [5, 5.41) is 24.7. The molecule has 1 aliphatic heterocycles. The number of halogens is 3. The smallest absolute Gasteiger partial charge is 0.459 e. The zero-order valence-electron chi connectivity index (χ0n) is 23.1. The summed E-state index contributed by atoms with van der Waals surface area (Å²) in [6.45, 7) is 3.14. The van der Waals surface area contributed by atoms with Gasteiger partial charge in [0, 0.05) is 11.6 Å². The number of hydrogen-bond donors (Lipinski definition) is 4. The van der Waals surface area contributed by atoms with Gasteiger partial charge in [0.05, 0.1) is 17.7 Å². The summed E-state index contributed by atoms with van der Waals surface area (Å²) in [7, 11) is -4.77. The number of nitrogens with zero attached hydrogens (tertiary/aromatic N) is 2. The number of carbonyl (C=O) groups is 1. The molecular weight excluding hydrogens is 617 g/mol. The van der Waals surface area contributed by atoms with E-state index in [1.807, 2.05) is 0 Å². The average molecular weight is 647 g/mol. The molecule has 5 N–H and O–H groups in total. The summed E-state index contributed by atoms with van der Waals surface area (Å²) >= 11 is 5.91. The number of rotatable bonds is 11. The number of nitrogens with two attached hydrogens (primary N) is 1. The molecule has 1 fully saturated rings. The van der Waals surface area contributed by atoms with Gasteiger partial charge in [-0.1, -0.05) is 48.0 Å². The lowest BCUT2D eigenvalue weighted by molar-refractivity contribution is -0.192. The fourth-order valence-electron chi connectivity index (χ4n) is 4.34. The van der Waals surface area contributed by atoms with Crippen LogP contribution in [0.3, 0.4) is 0 Å². The molecule has 3 aromatic rings. The number of aliphatic hydroxyl groups is 2. The monoisotopic (exact) mass is 646 g/mol. The number of ether oxygens (including phenoxy) is 2. The van der Waals surface area contributed by atoms with E-state index in [9.17, 15) is 33.1 Å². The first-order valence-corrected chi connectivity index (χ1v) is 14.9. The largest absolute Gasteiger partial charge is 0.462 e.